The Bertz CT molecular complexity index is 414. The minimum absolute atomic E-state index is 0.286. The van der Waals surface area contributed by atoms with E-state index in [1.54, 1.807) is 0 Å². The molecule has 0 spiro atoms. The Morgan fingerprint density at radius 3 is 2.50 bits per heavy atom. The summed E-state index contributed by atoms with van der Waals surface area (Å²) in [5, 5.41) is 8.79. The Labute approximate surface area is 129 Å². The summed E-state index contributed by atoms with van der Waals surface area (Å²) >= 11 is 6.49. The number of aryl methyl sites for hydroxylation is 2. The van der Waals surface area contributed by atoms with Crippen LogP contribution in [0.1, 0.15) is 57.8 Å². The molecule has 0 aliphatic carbocycles. The van der Waals surface area contributed by atoms with Crippen molar-refractivity contribution in [2.24, 2.45) is 5.41 Å². The third-order valence-corrected chi connectivity index (χ3v) is 4.85. The second kappa shape index (κ2) is 8.04. The predicted octanol–water partition coefficient (Wildman–Crippen LogP) is 4.21. The first-order valence-corrected chi connectivity index (χ1v) is 8.27. The predicted molar refractivity (Wildman–Crippen MR) is 87.5 cm³/mol. The normalized spacial score (nSPS) is 14.5. The Morgan fingerprint density at radius 2 is 2.00 bits per heavy atom. The Kier molecular flexibility index (Phi) is 7.04. The van der Waals surface area contributed by atoms with Crippen molar-refractivity contribution in [3.05, 3.63) is 16.4 Å². The fourth-order valence-corrected chi connectivity index (χ4v) is 3.19. The summed E-state index contributed by atoms with van der Waals surface area (Å²) in [6, 6.07) is 0. The van der Waals surface area contributed by atoms with E-state index in [2.05, 4.69) is 35.9 Å². The summed E-state index contributed by atoms with van der Waals surface area (Å²) in [4.78, 5) is 0. The zero-order chi connectivity index (χ0) is 15.2. The lowest BCUT2D eigenvalue weighted by atomic mass is 9.76. The van der Waals surface area contributed by atoms with E-state index < -0.39 is 0 Å². The lowest BCUT2D eigenvalue weighted by molar-refractivity contribution is 0.229. The van der Waals surface area contributed by atoms with Gasteiger partial charge in [-0.25, -0.2) is 0 Å². The SMILES string of the molecule is CCCCC(CC)(CNC)Cc1c(Cl)c(C)nn1CC. The van der Waals surface area contributed by atoms with Crippen LogP contribution in [0, 0.1) is 12.3 Å². The maximum absolute atomic E-state index is 6.49. The fourth-order valence-electron chi connectivity index (χ4n) is 2.99. The number of nitrogens with zero attached hydrogens (tertiary/aromatic N) is 2. The minimum Gasteiger partial charge on any atom is -0.319 e. The number of hydrogen-bond donors (Lipinski definition) is 1. The van der Waals surface area contributed by atoms with E-state index >= 15 is 0 Å². The molecule has 1 unspecified atom stereocenters. The van der Waals surface area contributed by atoms with Crippen LogP contribution in [0.4, 0.5) is 0 Å². The van der Waals surface area contributed by atoms with E-state index in [4.69, 9.17) is 11.6 Å². The molecule has 1 aromatic rings. The maximum atomic E-state index is 6.49. The van der Waals surface area contributed by atoms with Gasteiger partial charge < -0.3 is 5.32 Å². The molecule has 0 bridgehead atoms. The largest absolute Gasteiger partial charge is 0.319 e. The average Bonchev–Trinajstić information content (AvgIpc) is 2.72. The third kappa shape index (κ3) is 3.98. The van der Waals surface area contributed by atoms with Crippen LogP contribution in [-0.4, -0.2) is 23.4 Å². The number of hydrogen-bond acceptors (Lipinski definition) is 2. The topological polar surface area (TPSA) is 29.9 Å². The van der Waals surface area contributed by atoms with Gasteiger partial charge in [-0.05, 0) is 45.6 Å². The summed E-state index contributed by atoms with van der Waals surface area (Å²) in [6.45, 7) is 10.6. The van der Waals surface area contributed by atoms with Crippen molar-refractivity contribution in [2.45, 2.75) is 66.3 Å². The monoisotopic (exact) mass is 299 g/mol. The standard InChI is InChI=1S/C16H30ClN3/c1-6-9-10-16(7-2,12-18-5)11-14-15(17)13(4)19-20(14)8-3/h18H,6-12H2,1-5H3. The smallest absolute Gasteiger partial charge is 0.0847 e. The van der Waals surface area contributed by atoms with Crippen LogP contribution in [0.5, 0.6) is 0 Å². The van der Waals surface area contributed by atoms with Gasteiger partial charge in [0.2, 0.25) is 0 Å². The van der Waals surface area contributed by atoms with Gasteiger partial charge in [0.25, 0.3) is 0 Å². The number of nitrogens with one attached hydrogen (secondary N) is 1. The third-order valence-electron chi connectivity index (χ3n) is 4.36. The number of halogens is 1. The molecule has 0 aromatic carbocycles. The first kappa shape index (κ1) is 17.5. The number of aromatic nitrogens is 2. The molecule has 0 fully saturated rings. The van der Waals surface area contributed by atoms with Gasteiger partial charge >= 0.3 is 0 Å². The fraction of sp³-hybridized carbons (Fsp3) is 0.812. The molecular formula is C16H30ClN3. The second-order valence-electron chi connectivity index (χ2n) is 5.83. The van der Waals surface area contributed by atoms with E-state index in [-0.39, 0.29) is 5.41 Å². The van der Waals surface area contributed by atoms with Crippen LogP contribution in [0.3, 0.4) is 0 Å². The number of rotatable bonds is 9. The Balaban J connectivity index is 3.04. The highest BCUT2D eigenvalue weighted by molar-refractivity contribution is 6.31. The summed E-state index contributed by atoms with van der Waals surface area (Å²) in [7, 11) is 2.04. The van der Waals surface area contributed by atoms with E-state index in [9.17, 15) is 0 Å². The van der Waals surface area contributed by atoms with Crippen molar-refractivity contribution in [3.63, 3.8) is 0 Å². The van der Waals surface area contributed by atoms with E-state index in [0.29, 0.717) is 0 Å². The van der Waals surface area contributed by atoms with Gasteiger partial charge in [0.15, 0.2) is 0 Å². The van der Waals surface area contributed by atoms with Crippen LogP contribution in [0.2, 0.25) is 5.02 Å². The van der Waals surface area contributed by atoms with Crippen LogP contribution in [0.25, 0.3) is 0 Å². The molecular weight excluding hydrogens is 270 g/mol. The lowest BCUT2D eigenvalue weighted by Gasteiger charge is -2.33. The first-order chi connectivity index (χ1) is 9.53. The van der Waals surface area contributed by atoms with Crippen LogP contribution >= 0.6 is 11.6 Å². The van der Waals surface area contributed by atoms with Crippen molar-refractivity contribution < 1.29 is 0 Å². The van der Waals surface area contributed by atoms with Gasteiger partial charge in [0.05, 0.1) is 16.4 Å². The van der Waals surface area contributed by atoms with Gasteiger partial charge in [-0.1, -0.05) is 38.3 Å². The lowest BCUT2D eigenvalue weighted by Crippen LogP contribution is -2.35. The molecule has 0 saturated carbocycles. The molecule has 1 rings (SSSR count). The molecule has 4 heteroatoms. The molecule has 1 heterocycles. The van der Waals surface area contributed by atoms with E-state index in [1.165, 1.54) is 25.0 Å². The molecule has 20 heavy (non-hydrogen) atoms. The van der Waals surface area contributed by atoms with Crippen molar-refractivity contribution in [2.75, 3.05) is 13.6 Å². The Morgan fingerprint density at radius 1 is 1.30 bits per heavy atom. The van der Waals surface area contributed by atoms with Gasteiger partial charge in [-0.15, -0.1) is 0 Å². The second-order valence-corrected chi connectivity index (χ2v) is 6.20. The molecule has 0 aliphatic rings. The molecule has 1 aromatic heterocycles. The van der Waals surface area contributed by atoms with Crippen LogP contribution in [0.15, 0.2) is 0 Å². The molecule has 3 nitrogen and oxygen atoms in total. The van der Waals surface area contributed by atoms with Crippen molar-refractivity contribution in [1.29, 1.82) is 0 Å². The molecule has 1 atom stereocenters. The van der Waals surface area contributed by atoms with Crippen LogP contribution in [-0.2, 0) is 13.0 Å². The number of unbranched alkanes of at least 4 members (excludes halogenated alkanes) is 1. The van der Waals surface area contributed by atoms with Crippen molar-refractivity contribution >= 4 is 11.6 Å². The Hall–Kier alpha value is -0.540. The first-order valence-electron chi connectivity index (χ1n) is 7.90. The van der Waals surface area contributed by atoms with E-state index in [0.717, 1.165) is 36.6 Å². The van der Waals surface area contributed by atoms with Gasteiger partial charge in [0, 0.05) is 13.1 Å². The summed E-state index contributed by atoms with van der Waals surface area (Å²) in [5.41, 5.74) is 2.45. The average molecular weight is 300 g/mol. The quantitative estimate of drug-likeness (QED) is 0.740. The molecule has 116 valence electrons. The maximum Gasteiger partial charge on any atom is 0.0847 e. The molecule has 0 amide bonds. The van der Waals surface area contributed by atoms with Crippen molar-refractivity contribution in [1.82, 2.24) is 15.1 Å². The molecule has 1 N–H and O–H groups in total. The molecule has 0 saturated heterocycles. The summed E-state index contributed by atoms with van der Waals surface area (Å²) in [6.07, 6.45) is 5.93. The van der Waals surface area contributed by atoms with Crippen LogP contribution < -0.4 is 5.32 Å². The van der Waals surface area contributed by atoms with Gasteiger partial charge in [-0.2, -0.15) is 5.10 Å². The van der Waals surface area contributed by atoms with Gasteiger partial charge in [0.1, 0.15) is 0 Å². The zero-order valence-electron chi connectivity index (χ0n) is 13.7. The molecule has 0 radical (unpaired) electrons. The summed E-state index contributed by atoms with van der Waals surface area (Å²) < 4.78 is 2.07. The summed E-state index contributed by atoms with van der Waals surface area (Å²) in [5.74, 6) is 0. The van der Waals surface area contributed by atoms with Gasteiger partial charge in [-0.3, -0.25) is 4.68 Å². The van der Waals surface area contributed by atoms with E-state index in [1.807, 2.05) is 14.0 Å². The highest BCUT2D eigenvalue weighted by Gasteiger charge is 2.30. The van der Waals surface area contributed by atoms with Crippen molar-refractivity contribution in [3.8, 4) is 0 Å². The highest BCUT2D eigenvalue weighted by Crippen LogP contribution is 2.35. The molecule has 0 aliphatic heterocycles. The minimum atomic E-state index is 0.286. The zero-order valence-corrected chi connectivity index (χ0v) is 14.5. The highest BCUT2D eigenvalue weighted by atomic mass is 35.5.